The maximum Gasteiger partial charge on any atom is 0.315 e. The van der Waals surface area contributed by atoms with Crippen LogP contribution in [0.4, 0.5) is 0 Å². The Labute approximate surface area is 75.1 Å². The van der Waals surface area contributed by atoms with E-state index in [1.54, 1.807) is 0 Å². The van der Waals surface area contributed by atoms with Gasteiger partial charge in [-0.25, -0.2) is 0 Å². The standard InChI is InChI=1S/C10H10O3/c11-1-13-9(12)10-6-3-2-4(6)8(10)5(2)7(3)10/h2-8,11H,1H2. The molecule has 0 unspecified atom stereocenters. The van der Waals surface area contributed by atoms with Crippen molar-refractivity contribution in [3.8, 4) is 0 Å². The largest absolute Gasteiger partial charge is 0.438 e. The molecule has 0 atom stereocenters. The Kier molecular flexibility index (Phi) is 0.582. The summed E-state index contributed by atoms with van der Waals surface area (Å²) in [5.74, 6) is 5.74. The van der Waals surface area contributed by atoms with E-state index < -0.39 is 6.79 Å². The second kappa shape index (κ2) is 1.26. The predicted octanol–water partition coefficient (Wildman–Crippen LogP) is -0.153. The van der Waals surface area contributed by atoms with Crippen LogP contribution in [-0.2, 0) is 9.53 Å². The van der Waals surface area contributed by atoms with E-state index in [2.05, 4.69) is 0 Å². The Bertz CT molecular complexity index is 310. The van der Waals surface area contributed by atoms with Crippen LogP contribution < -0.4 is 0 Å². The van der Waals surface area contributed by atoms with Gasteiger partial charge in [-0.05, 0) is 41.4 Å². The van der Waals surface area contributed by atoms with Gasteiger partial charge in [-0.15, -0.1) is 0 Å². The third-order valence-electron chi connectivity index (χ3n) is 6.03. The lowest BCUT2D eigenvalue weighted by Gasteiger charge is -3.06. The average molecular weight is 178 g/mol. The Morgan fingerprint density at radius 2 is 1.69 bits per heavy atom. The number of ether oxygens (including phenoxy) is 1. The highest BCUT2D eigenvalue weighted by atomic mass is 16.6. The van der Waals surface area contributed by atoms with Crippen LogP contribution in [0.1, 0.15) is 0 Å². The molecule has 3 heteroatoms. The minimum absolute atomic E-state index is 0.0442. The fraction of sp³-hybridized carbons (Fsp3) is 0.900. The Balaban J connectivity index is 1.56. The summed E-state index contributed by atoms with van der Waals surface area (Å²) in [7, 11) is 0. The molecule has 0 bridgehead atoms. The number of hydrogen-bond donors (Lipinski definition) is 1. The molecule has 6 fully saturated rings. The third-order valence-corrected chi connectivity index (χ3v) is 6.03. The first-order valence-corrected chi connectivity index (χ1v) is 5.13. The van der Waals surface area contributed by atoms with Gasteiger partial charge in [0.2, 0.25) is 0 Å². The van der Waals surface area contributed by atoms with Crippen LogP contribution in [0, 0.1) is 46.8 Å². The van der Waals surface area contributed by atoms with Gasteiger partial charge in [-0.3, -0.25) is 4.79 Å². The SMILES string of the molecule is O=C(OCO)C12C3C4C5C3C1C5C42. The molecule has 0 heterocycles. The van der Waals surface area contributed by atoms with Gasteiger partial charge >= 0.3 is 5.97 Å². The lowest BCUT2D eigenvalue weighted by atomic mass is 8.96. The van der Waals surface area contributed by atoms with Gasteiger partial charge < -0.3 is 9.84 Å². The summed E-state index contributed by atoms with van der Waals surface area (Å²) >= 11 is 0. The number of carbonyl (C=O) groups excluding carboxylic acids is 1. The maximum atomic E-state index is 11.6. The van der Waals surface area contributed by atoms with Crippen LogP contribution in [-0.4, -0.2) is 17.9 Å². The van der Waals surface area contributed by atoms with Crippen molar-refractivity contribution in [2.24, 2.45) is 46.8 Å². The van der Waals surface area contributed by atoms with Gasteiger partial charge in [-0.1, -0.05) is 0 Å². The van der Waals surface area contributed by atoms with Gasteiger partial charge in [0.05, 0.1) is 5.41 Å². The molecule has 1 N–H and O–H groups in total. The summed E-state index contributed by atoms with van der Waals surface area (Å²) in [5.41, 5.74) is -0.0442. The fourth-order valence-electron chi connectivity index (χ4n) is 6.02. The Hall–Kier alpha value is -0.570. The monoisotopic (exact) mass is 178 g/mol. The van der Waals surface area contributed by atoms with Crippen LogP contribution in [0.15, 0.2) is 0 Å². The minimum Gasteiger partial charge on any atom is -0.438 e. The summed E-state index contributed by atoms with van der Waals surface area (Å²) in [6.45, 7) is -0.434. The smallest absolute Gasteiger partial charge is 0.315 e. The number of carbonyl (C=O) groups is 1. The van der Waals surface area contributed by atoms with Gasteiger partial charge in [0, 0.05) is 0 Å². The van der Waals surface area contributed by atoms with E-state index in [4.69, 9.17) is 9.84 Å². The second-order valence-corrected chi connectivity index (χ2v) is 5.38. The molecule has 6 aliphatic carbocycles. The summed E-state index contributed by atoms with van der Waals surface area (Å²) < 4.78 is 4.77. The molecule has 0 saturated heterocycles. The van der Waals surface area contributed by atoms with Crippen molar-refractivity contribution in [2.45, 2.75) is 0 Å². The Morgan fingerprint density at radius 3 is 2.15 bits per heavy atom. The molecule has 3 nitrogen and oxygen atoms in total. The first-order chi connectivity index (χ1) is 6.35. The first kappa shape index (κ1) is 6.02. The molecule has 68 valence electrons. The summed E-state index contributed by atoms with van der Waals surface area (Å²) in [5, 5.41) is 8.57. The highest BCUT2D eigenvalue weighted by molar-refractivity contribution is 5.87. The van der Waals surface area contributed by atoms with E-state index in [1.165, 1.54) is 0 Å². The molecule has 0 radical (unpaired) electrons. The van der Waals surface area contributed by atoms with Crippen LogP contribution in [0.5, 0.6) is 0 Å². The molecule has 0 aliphatic heterocycles. The predicted molar refractivity (Wildman–Crippen MR) is 40.0 cm³/mol. The van der Waals surface area contributed by atoms with Crippen molar-refractivity contribution < 1.29 is 14.6 Å². The molecule has 0 aromatic rings. The number of aliphatic hydroxyl groups excluding tert-OH is 1. The van der Waals surface area contributed by atoms with Crippen molar-refractivity contribution in [1.82, 2.24) is 0 Å². The normalized spacial score (nSPS) is 76.2. The molecule has 13 heavy (non-hydrogen) atoms. The molecule has 0 aromatic heterocycles. The number of hydrogen-bond acceptors (Lipinski definition) is 3. The van der Waals surface area contributed by atoms with Crippen molar-refractivity contribution in [2.75, 3.05) is 6.79 Å². The van der Waals surface area contributed by atoms with Crippen molar-refractivity contribution in [1.29, 1.82) is 0 Å². The van der Waals surface area contributed by atoms with E-state index in [0.717, 1.165) is 23.7 Å². The first-order valence-electron chi connectivity index (χ1n) is 5.13. The Morgan fingerprint density at radius 1 is 1.15 bits per heavy atom. The van der Waals surface area contributed by atoms with Crippen molar-refractivity contribution >= 4 is 5.97 Å². The highest BCUT2D eigenvalue weighted by Gasteiger charge is 3.06. The summed E-state index contributed by atoms with van der Waals surface area (Å²) in [6, 6.07) is 0. The lowest BCUT2D eigenvalue weighted by molar-refractivity contribution is -0.599. The second-order valence-electron chi connectivity index (χ2n) is 5.38. The van der Waals surface area contributed by atoms with Crippen LogP contribution in [0.25, 0.3) is 0 Å². The van der Waals surface area contributed by atoms with E-state index in [9.17, 15) is 4.79 Å². The quantitative estimate of drug-likeness (QED) is 0.472. The molecule has 0 spiro atoms. The highest BCUT2D eigenvalue weighted by Crippen LogP contribution is 3.05. The fourth-order valence-corrected chi connectivity index (χ4v) is 6.02. The molecule has 0 aromatic carbocycles. The average Bonchev–Trinajstić information content (AvgIpc) is 2.18. The summed E-state index contributed by atoms with van der Waals surface area (Å²) in [4.78, 5) is 11.6. The number of aliphatic hydroxyl groups is 1. The third kappa shape index (κ3) is 0.261. The number of esters is 1. The molecule has 6 saturated carbocycles. The van der Waals surface area contributed by atoms with Gasteiger partial charge in [0.15, 0.2) is 6.79 Å². The zero-order chi connectivity index (χ0) is 8.53. The maximum absolute atomic E-state index is 11.6. The van der Waals surface area contributed by atoms with Gasteiger partial charge in [0.1, 0.15) is 0 Å². The van der Waals surface area contributed by atoms with Crippen molar-refractivity contribution in [3.05, 3.63) is 0 Å². The molecule has 6 aliphatic rings. The van der Waals surface area contributed by atoms with Crippen LogP contribution in [0.2, 0.25) is 0 Å². The zero-order valence-electron chi connectivity index (χ0n) is 7.01. The number of rotatable bonds is 2. The van der Waals surface area contributed by atoms with Crippen LogP contribution in [0.3, 0.4) is 0 Å². The summed E-state index contributed by atoms with van der Waals surface area (Å²) in [6.07, 6.45) is 0. The molecule has 6 rings (SSSR count). The van der Waals surface area contributed by atoms with E-state index >= 15 is 0 Å². The molecule has 0 amide bonds. The van der Waals surface area contributed by atoms with Gasteiger partial charge in [-0.2, -0.15) is 0 Å². The van der Waals surface area contributed by atoms with E-state index in [-0.39, 0.29) is 11.4 Å². The van der Waals surface area contributed by atoms with Crippen LogP contribution >= 0.6 is 0 Å². The van der Waals surface area contributed by atoms with E-state index in [0.29, 0.717) is 17.8 Å². The van der Waals surface area contributed by atoms with E-state index in [1.807, 2.05) is 0 Å². The van der Waals surface area contributed by atoms with Gasteiger partial charge in [0.25, 0.3) is 0 Å². The lowest BCUT2D eigenvalue weighted by Crippen LogP contribution is -3.06. The van der Waals surface area contributed by atoms with Crippen molar-refractivity contribution in [3.63, 3.8) is 0 Å². The minimum atomic E-state index is -0.434. The topological polar surface area (TPSA) is 46.5 Å². The molecular formula is C10H10O3. The molecular weight excluding hydrogens is 168 g/mol. The zero-order valence-corrected chi connectivity index (χ0v) is 7.01.